The van der Waals surface area contributed by atoms with E-state index in [1.807, 2.05) is 6.08 Å². The van der Waals surface area contributed by atoms with Crippen LogP contribution in [-0.4, -0.2) is 6.54 Å². The summed E-state index contributed by atoms with van der Waals surface area (Å²) in [6, 6.07) is 17.4. The number of allylic oxidation sites excluding steroid dienone is 1. The molecule has 0 saturated heterocycles. The maximum Gasteiger partial charge on any atom is 0.0340 e. The average Bonchev–Trinajstić information content (AvgIpc) is 2.47. The summed E-state index contributed by atoms with van der Waals surface area (Å²) in [7, 11) is 0. The summed E-state index contributed by atoms with van der Waals surface area (Å²) in [6.07, 6.45) is 2.97. The topological polar surface area (TPSA) is 12.0 Å². The predicted octanol–water partition coefficient (Wildman–Crippen LogP) is 5.13. The molecular formula is C19H23N. The summed E-state index contributed by atoms with van der Waals surface area (Å²) in [4.78, 5) is 0. The van der Waals surface area contributed by atoms with Crippen molar-refractivity contribution in [2.75, 3.05) is 11.9 Å². The van der Waals surface area contributed by atoms with Crippen LogP contribution in [0.5, 0.6) is 0 Å². The van der Waals surface area contributed by atoms with Gasteiger partial charge in [-0.25, -0.2) is 0 Å². The summed E-state index contributed by atoms with van der Waals surface area (Å²) in [5.41, 5.74) is 5.26. The van der Waals surface area contributed by atoms with Gasteiger partial charge in [0.2, 0.25) is 0 Å². The van der Waals surface area contributed by atoms with E-state index < -0.39 is 0 Å². The van der Waals surface area contributed by atoms with Crippen molar-refractivity contribution in [3.63, 3.8) is 0 Å². The van der Waals surface area contributed by atoms with E-state index in [4.69, 9.17) is 0 Å². The molecule has 20 heavy (non-hydrogen) atoms. The molecule has 2 aromatic rings. The molecule has 0 fully saturated rings. The van der Waals surface area contributed by atoms with Crippen molar-refractivity contribution in [3.8, 4) is 0 Å². The molecule has 0 amide bonds. The first kappa shape index (κ1) is 14.4. The minimum Gasteiger partial charge on any atom is -0.385 e. The summed E-state index contributed by atoms with van der Waals surface area (Å²) >= 11 is 0. The molecule has 1 heteroatoms. The van der Waals surface area contributed by atoms with Gasteiger partial charge in [-0.1, -0.05) is 42.5 Å². The Morgan fingerprint density at radius 2 is 1.80 bits per heavy atom. The molecule has 1 atom stereocenters. The van der Waals surface area contributed by atoms with Crippen LogP contribution in [0.25, 0.3) is 0 Å². The summed E-state index contributed by atoms with van der Waals surface area (Å²) < 4.78 is 0. The molecule has 0 aliphatic heterocycles. The van der Waals surface area contributed by atoms with Crippen molar-refractivity contribution in [2.45, 2.75) is 26.2 Å². The molecule has 0 aromatic heterocycles. The van der Waals surface area contributed by atoms with Crippen molar-refractivity contribution >= 4 is 5.69 Å². The van der Waals surface area contributed by atoms with Crippen LogP contribution >= 0.6 is 0 Å². The average molecular weight is 265 g/mol. The SMILES string of the molecule is C=CCC(c1ccc(NCC)cc1)c1ccccc1C. The molecule has 0 radical (unpaired) electrons. The number of hydrogen-bond donors (Lipinski definition) is 1. The van der Waals surface area contributed by atoms with Gasteiger partial charge in [-0.3, -0.25) is 0 Å². The standard InChI is InChI=1S/C19H23N/c1-4-8-19(18-10-7-6-9-15(18)3)16-11-13-17(14-12-16)20-5-2/h4,6-7,9-14,19-20H,1,5,8H2,2-3H3. The lowest BCUT2D eigenvalue weighted by atomic mass is 9.86. The van der Waals surface area contributed by atoms with E-state index in [0.29, 0.717) is 5.92 Å². The van der Waals surface area contributed by atoms with Crippen molar-refractivity contribution in [1.29, 1.82) is 0 Å². The number of benzene rings is 2. The Morgan fingerprint density at radius 3 is 2.40 bits per heavy atom. The van der Waals surface area contributed by atoms with Crippen LogP contribution in [0.2, 0.25) is 0 Å². The van der Waals surface area contributed by atoms with E-state index in [1.54, 1.807) is 0 Å². The van der Waals surface area contributed by atoms with Gasteiger partial charge in [-0.2, -0.15) is 0 Å². The Bertz CT molecular complexity index is 554. The fraction of sp³-hybridized carbons (Fsp3) is 0.263. The Morgan fingerprint density at radius 1 is 1.10 bits per heavy atom. The maximum absolute atomic E-state index is 3.92. The molecule has 0 saturated carbocycles. The molecule has 1 N–H and O–H groups in total. The Balaban J connectivity index is 2.33. The van der Waals surface area contributed by atoms with Crippen molar-refractivity contribution < 1.29 is 0 Å². The normalized spacial score (nSPS) is 11.9. The quantitative estimate of drug-likeness (QED) is 0.713. The third-order valence-electron chi connectivity index (χ3n) is 3.66. The summed E-state index contributed by atoms with van der Waals surface area (Å²) in [5.74, 6) is 0.393. The zero-order valence-electron chi connectivity index (χ0n) is 12.4. The third-order valence-corrected chi connectivity index (χ3v) is 3.66. The van der Waals surface area contributed by atoms with E-state index in [0.717, 1.165) is 13.0 Å². The molecule has 0 spiro atoms. The van der Waals surface area contributed by atoms with Crippen LogP contribution < -0.4 is 5.32 Å². The zero-order valence-corrected chi connectivity index (χ0v) is 12.4. The molecule has 0 heterocycles. The Labute approximate surface area is 122 Å². The van der Waals surface area contributed by atoms with Crippen LogP contribution in [0, 0.1) is 6.92 Å². The highest BCUT2D eigenvalue weighted by molar-refractivity contribution is 5.47. The molecule has 0 aliphatic carbocycles. The third kappa shape index (κ3) is 3.30. The zero-order chi connectivity index (χ0) is 14.4. The minimum atomic E-state index is 0.393. The first-order valence-electron chi connectivity index (χ1n) is 7.26. The van der Waals surface area contributed by atoms with Gasteiger partial charge in [0.05, 0.1) is 0 Å². The second-order valence-electron chi connectivity index (χ2n) is 5.09. The molecule has 2 aromatic carbocycles. The highest BCUT2D eigenvalue weighted by atomic mass is 14.8. The van der Waals surface area contributed by atoms with Crippen LogP contribution in [0.4, 0.5) is 5.69 Å². The predicted molar refractivity (Wildman–Crippen MR) is 88.4 cm³/mol. The van der Waals surface area contributed by atoms with Crippen molar-refractivity contribution in [3.05, 3.63) is 77.9 Å². The van der Waals surface area contributed by atoms with Gasteiger partial charge in [0, 0.05) is 18.2 Å². The lowest BCUT2D eigenvalue weighted by molar-refractivity contribution is 0.823. The van der Waals surface area contributed by atoms with Crippen molar-refractivity contribution in [2.24, 2.45) is 0 Å². The van der Waals surface area contributed by atoms with Crippen LogP contribution in [0.1, 0.15) is 36.0 Å². The molecule has 104 valence electrons. The number of hydrogen-bond acceptors (Lipinski definition) is 1. The molecule has 2 rings (SSSR count). The first-order valence-corrected chi connectivity index (χ1v) is 7.26. The van der Waals surface area contributed by atoms with Gasteiger partial charge in [0.1, 0.15) is 0 Å². The summed E-state index contributed by atoms with van der Waals surface area (Å²) in [5, 5.41) is 3.34. The summed E-state index contributed by atoms with van der Waals surface area (Å²) in [6.45, 7) is 9.16. The maximum atomic E-state index is 3.92. The van der Waals surface area contributed by atoms with Gasteiger partial charge in [0.25, 0.3) is 0 Å². The molecule has 0 bridgehead atoms. The first-order chi connectivity index (χ1) is 9.76. The van der Waals surface area contributed by atoms with E-state index in [-0.39, 0.29) is 0 Å². The van der Waals surface area contributed by atoms with E-state index in [9.17, 15) is 0 Å². The monoisotopic (exact) mass is 265 g/mol. The minimum absolute atomic E-state index is 0.393. The fourth-order valence-corrected chi connectivity index (χ4v) is 2.62. The number of aryl methyl sites for hydroxylation is 1. The van der Waals surface area contributed by atoms with Gasteiger partial charge in [-0.05, 0) is 49.1 Å². The van der Waals surface area contributed by atoms with Crippen LogP contribution in [0.3, 0.4) is 0 Å². The second kappa shape index (κ2) is 6.95. The number of nitrogens with one attached hydrogen (secondary N) is 1. The molecule has 1 nitrogen and oxygen atoms in total. The van der Waals surface area contributed by atoms with Crippen LogP contribution in [0.15, 0.2) is 61.2 Å². The van der Waals surface area contributed by atoms with Gasteiger partial charge in [0.15, 0.2) is 0 Å². The van der Waals surface area contributed by atoms with Crippen LogP contribution in [-0.2, 0) is 0 Å². The second-order valence-corrected chi connectivity index (χ2v) is 5.09. The smallest absolute Gasteiger partial charge is 0.0340 e. The molecule has 1 unspecified atom stereocenters. The lowest BCUT2D eigenvalue weighted by Crippen LogP contribution is -2.03. The van der Waals surface area contributed by atoms with Gasteiger partial charge >= 0.3 is 0 Å². The molecular weight excluding hydrogens is 242 g/mol. The Hall–Kier alpha value is -2.02. The Kier molecular flexibility index (Phi) is 5.00. The van der Waals surface area contributed by atoms with Crippen molar-refractivity contribution in [1.82, 2.24) is 0 Å². The molecule has 0 aliphatic rings. The highest BCUT2D eigenvalue weighted by Gasteiger charge is 2.14. The van der Waals surface area contributed by atoms with E-state index in [2.05, 4.69) is 74.3 Å². The van der Waals surface area contributed by atoms with E-state index >= 15 is 0 Å². The lowest BCUT2D eigenvalue weighted by Gasteiger charge is -2.19. The van der Waals surface area contributed by atoms with Gasteiger partial charge < -0.3 is 5.32 Å². The van der Waals surface area contributed by atoms with E-state index in [1.165, 1.54) is 22.4 Å². The van der Waals surface area contributed by atoms with Gasteiger partial charge in [-0.15, -0.1) is 6.58 Å². The number of anilines is 1. The number of rotatable bonds is 6. The largest absolute Gasteiger partial charge is 0.385 e. The fourth-order valence-electron chi connectivity index (χ4n) is 2.62. The highest BCUT2D eigenvalue weighted by Crippen LogP contribution is 2.31.